The predicted octanol–water partition coefficient (Wildman–Crippen LogP) is 4.19. The van der Waals surface area contributed by atoms with E-state index < -0.39 is 0 Å². The molecule has 1 aromatic carbocycles. The Morgan fingerprint density at radius 1 is 1.24 bits per heavy atom. The molecule has 0 radical (unpaired) electrons. The monoisotopic (exact) mass is 290 g/mol. The van der Waals surface area contributed by atoms with Gasteiger partial charge in [-0.15, -0.1) is 0 Å². The van der Waals surface area contributed by atoms with Crippen molar-refractivity contribution in [2.75, 3.05) is 0 Å². The Labute approximate surface area is 129 Å². The maximum absolute atomic E-state index is 5.86. The lowest BCUT2D eigenvalue weighted by Gasteiger charge is -2.34. The van der Waals surface area contributed by atoms with Crippen LogP contribution >= 0.6 is 0 Å². The van der Waals surface area contributed by atoms with Crippen LogP contribution < -0.4 is 16.0 Å². The molecule has 118 valence electrons. The van der Waals surface area contributed by atoms with Crippen molar-refractivity contribution in [1.29, 1.82) is 0 Å². The van der Waals surface area contributed by atoms with Crippen LogP contribution in [-0.2, 0) is 0 Å². The molecule has 0 saturated heterocycles. The summed E-state index contributed by atoms with van der Waals surface area (Å²) in [7, 11) is 0. The summed E-state index contributed by atoms with van der Waals surface area (Å²) in [4.78, 5) is 0. The first-order valence-corrected chi connectivity index (χ1v) is 8.36. The van der Waals surface area contributed by atoms with Gasteiger partial charge >= 0.3 is 0 Å². The van der Waals surface area contributed by atoms with E-state index in [1.54, 1.807) is 0 Å². The highest BCUT2D eigenvalue weighted by Crippen LogP contribution is 2.38. The molecule has 1 aliphatic rings. The lowest BCUT2D eigenvalue weighted by atomic mass is 9.75. The number of hydrogen-bond donors (Lipinski definition) is 2. The van der Waals surface area contributed by atoms with Crippen LogP contribution in [0, 0.1) is 11.8 Å². The largest absolute Gasteiger partial charge is 0.491 e. The Kier molecular flexibility index (Phi) is 6.07. The minimum atomic E-state index is 0.211. The molecule has 21 heavy (non-hydrogen) atoms. The second kappa shape index (κ2) is 7.81. The van der Waals surface area contributed by atoms with Crippen molar-refractivity contribution in [3.05, 3.63) is 29.8 Å². The van der Waals surface area contributed by atoms with Crippen LogP contribution in [0.5, 0.6) is 5.75 Å². The van der Waals surface area contributed by atoms with Crippen molar-refractivity contribution in [2.45, 2.75) is 65.0 Å². The first-order chi connectivity index (χ1) is 10.1. The number of ether oxygens (including phenoxy) is 1. The van der Waals surface area contributed by atoms with E-state index in [2.05, 4.69) is 36.6 Å². The molecular weight excluding hydrogens is 260 g/mol. The quantitative estimate of drug-likeness (QED) is 0.610. The van der Waals surface area contributed by atoms with Gasteiger partial charge < -0.3 is 4.74 Å². The zero-order valence-electron chi connectivity index (χ0n) is 13.6. The topological polar surface area (TPSA) is 47.3 Å². The molecule has 3 heteroatoms. The molecule has 2 rings (SSSR count). The number of hydrogen-bond acceptors (Lipinski definition) is 3. The average molecular weight is 290 g/mol. The van der Waals surface area contributed by atoms with Gasteiger partial charge in [0, 0.05) is 6.04 Å². The fourth-order valence-corrected chi connectivity index (χ4v) is 3.54. The van der Waals surface area contributed by atoms with Crippen molar-refractivity contribution in [1.82, 2.24) is 5.43 Å². The third-order valence-electron chi connectivity index (χ3n) is 4.66. The summed E-state index contributed by atoms with van der Waals surface area (Å²) in [6, 6.07) is 8.67. The Hall–Kier alpha value is -1.06. The minimum absolute atomic E-state index is 0.211. The highest BCUT2D eigenvalue weighted by molar-refractivity contribution is 5.29. The van der Waals surface area contributed by atoms with Crippen molar-refractivity contribution in [2.24, 2.45) is 17.7 Å². The molecule has 0 aromatic heterocycles. The van der Waals surface area contributed by atoms with Gasteiger partial charge in [0.15, 0.2) is 0 Å². The summed E-state index contributed by atoms with van der Waals surface area (Å²) >= 11 is 0. The maximum atomic E-state index is 5.86. The molecule has 0 bridgehead atoms. The van der Waals surface area contributed by atoms with Gasteiger partial charge in [0.2, 0.25) is 0 Å². The Bertz CT molecular complexity index is 416. The number of nitrogens with two attached hydrogens (primary N) is 1. The van der Waals surface area contributed by atoms with Crippen LogP contribution in [-0.4, -0.2) is 6.10 Å². The molecule has 3 atom stereocenters. The summed E-state index contributed by atoms with van der Waals surface area (Å²) in [5, 5.41) is 0. The first kappa shape index (κ1) is 16.3. The minimum Gasteiger partial charge on any atom is -0.491 e. The predicted molar refractivity (Wildman–Crippen MR) is 88.0 cm³/mol. The van der Waals surface area contributed by atoms with E-state index in [1.807, 2.05) is 13.8 Å². The van der Waals surface area contributed by atoms with E-state index in [0.717, 1.165) is 11.7 Å². The van der Waals surface area contributed by atoms with E-state index in [1.165, 1.54) is 37.7 Å². The van der Waals surface area contributed by atoms with Gasteiger partial charge in [0.1, 0.15) is 5.75 Å². The second-order valence-electron chi connectivity index (χ2n) is 6.58. The lowest BCUT2D eigenvalue weighted by molar-refractivity contribution is 0.209. The summed E-state index contributed by atoms with van der Waals surface area (Å²) in [6.07, 6.45) is 6.77. The van der Waals surface area contributed by atoms with Crippen LogP contribution in [0.15, 0.2) is 24.3 Å². The van der Waals surface area contributed by atoms with E-state index >= 15 is 0 Å². The number of rotatable bonds is 6. The van der Waals surface area contributed by atoms with Gasteiger partial charge in [-0.1, -0.05) is 38.3 Å². The van der Waals surface area contributed by atoms with E-state index in [4.69, 9.17) is 10.6 Å². The molecule has 0 spiro atoms. The summed E-state index contributed by atoms with van der Waals surface area (Å²) in [5.41, 5.74) is 4.33. The normalized spacial score (nSPS) is 24.0. The van der Waals surface area contributed by atoms with Crippen molar-refractivity contribution < 1.29 is 4.74 Å². The molecule has 0 amide bonds. The molecule has 1 aliphatic carbocycles. The van der Waals surface area contributed by atoms with Crippen LogP contribution in [0.3, 0.4) is 0 Å². The van der Waals surface area contributed by atoms with E-state index in [9.17, 15) is 0 Å². The summed E-state index contributed by atoms with van der Waals surface area (Å²) < 4.78 is 5.71. The van der Waals surface area contributed by atoms with Gasteiger partial charge in [0.25, 0.3) is 0 Å². The number of hydrazine groups is 1. The summed E-state index contributed by atoms with van der Waals surface area (Å²) in [5.74, 6) is 8.30. The van der Waals surface area contributed by atoms with Gasteiger partial charge in [-0.25, -0.2) is 0 Å². The van der Waals surface area contributed by atoms with Gasteiger partial charge in [-0.2, -0.15) is 0 Å². The fourth-order valence-electron chi connectivity index (χ4n) is 3.54. The van der Waals surface area contributed by atoms with Crippen molar-refractivity contribution in [3.8, 4) is 5.75 Å². The molecule has 3 nitrogen and oxygen atoms in total. The third kappa shape index (κ3) is 4.45. The number of nitrogens with one attached hydrogen (secondary N) is 1. The standard InChI is InChI=1S/C18H30N2O/c1-4-14-6-5-7-16(12-14)18(20-19)15-8-10-17(11-9-15)21-13(2)3/h8-11,13-14,16,18,20H,4-7,12,19H2,1-3H3. The van der Waals surface area contributed by atoms with Gasteiger partial charge in [-0.3, -0.25) is 11.3 Å². The molecule has 1 saturated carbocycles. The van der Waals surface area contributed by atoms with Crippen LogP contribution in [0.2, 0.25) is 0 Å². The SMILES string of the molecule is CCC1CCCC(C(NN)c2ccc(OC(C)C)cc2)C1. The second-order valence-corrected chi connectivity index (χ2v) is 6.58. The Balaban J connectivity index is 2.06. The van der Waals surface area contributed by atoms with Crippen LogP contribution in [0.25, 0.3) is 0 Å². The highest BCUT2D eigenvalue weighted by Gasteiger charge is 2.28. The Morgan fingerprint density at radius 2 is 1.95 bits per heavy atom. The lowest BCUT2D eigenvalue weighted by Crippen LogP contribution is -2.35. The van der Waals surface area contributed by atoms with Gasteiger partial charge in [-0.05, 0) is 56.2 Å². The van der Waals surface area contributed by atoms with Crippen LogP contribution in [0.1, 0.15) is 64.5 Å². The summed E-state index contributed by atoms with van der Waals surface area (Å²) in [6.45, 7) is 6.39. The average Bonchev–Trinajstić information content (AvgIpc) is 2.49. The van der Waals surface area contributed by atoms with Crippen LogP contribution in [0.4, 0.5) is 0 Å². The number of benzene rings is 1. The highest BCUT2D eigenvalue weighted by atomic mass is 16.5. The molecular formula is C18H30N2O. The zero-order valence-corrected chi connectivity index (χ0v) is 13.6. The first-order valence-electron chi connectivity index (χ1n) is 8.36. The van der Waals surface area contributed by atoms with Crippen molar-refractivity contribution in [3.63, 3.8) is 0 Å². The molecule has 3 N–H and O–H groups in total. The van der Waals surface area contributed by atoms with E-state index in [-0.39, 0.29) is 12.1 Å². The Morgan fingerprint density at radius 3 is 2.52 bits per heavy atom. The molecule has 1 fully saturated rings. The molecule has 3 unspecified atom stereocenters. The van der Waals surface area contributed by atoms with Gasteiger partial charge in [0.05, 0.1) is 6.10 Å². The maximum Gasteiger partial charge on any atom is 0.119 e. The third-order valence-corrected chi connectivity index (χ3v) is 4.66. The fraction of sp³-hybridized carbons (Fsp3) is 0.667. The van der Waals surface area contributed by atoms with Crippen molar-refractivity contribution >= 4 is 0 Å². The molecule has 0 aliphatic heterocycles. The smallest absolute Gasteiger partial charge is 0.119 e. The zero-order chi connectivity index (χ0) is 15.2. The molecule has 0 heterocycles. The molecule has 1 aromatic rings. The van der Waals surface area contributed by atoms with E-state index in [0.29, 0.717) is 5.92 Å².